The number of carbonyl (C=O) groups is 1. The molecule has 0 radical (unpaired) electrons. The number of carboxylic acids is 1. The van der Waals surface area contributed by atoms with E-state index in [2.05, 4.69) is 24.3 Å². The number of ether oxygens (including phenoxy) is 2. The minimum atomic E-state index is -0.926. The van der Waals surface area contributed by atoms with E-state index in [0.29, 0.717) is 12.5 Å². The molecular weight excluding hydrogens is 328 g/mol. The van der Waals surface area contributed by atoms with Crippen molar-refractivity contribution in [3.05, 3.63) is 65.7 Å². The van der Waals surface area contributed by atoms with Crippen molar-refractivity contribution in [3.8, 4) is 5.75 Å². The topological polar surface area (TPSA) is 55.8 Å². The molecule has 1 saturated carbocycles. The third kappa shape index (κ3) is 5.60. The van der Waals surface area contributed by atoms with Gasteiger partial charge >= 0.3 is 5.97 Å². The molecule has 4 heteroatoms. The molecule has 3 rings (SSSR count). The fraction of sp³-hybridized carbons (Fsp3) is 0.409. The Hall–Kier alpha value is -2.33. The van der Waals surface area contributed by atoms with Crippen LogP contribution in [0.1, 0.15) is 42.7 Å². The van der Waals surface area contributed by atoms with Gasteiger partial charge < -0.3 is 14.6 Å². The molecule has 26 heavy (non-hydrogen) atoms. The van der Waals surface area contributed by atoms with E-state index in [1.807, 2.05) is 30.3 Å². The normalized spacial score (nSPS) is 19.8. The van der Waals surface area contributed by atoms with Gasteiger partial charge in [-0.2, -0.15) is 0 Å². The van der Waals surface area contributed by atoms with Gasteiger partial charge in [0.05, 0.1) is 12.7 Å². The summed E-state index contributed by atoms with van der Waals surface area (Å²) >= 11 is 0. The number of hydrogen-bond donors (Lipinski definition) is 1. The Balaban J connectivity index is 1.51. The lowest BCUT2D eigenvalue weighted by Gasteiger charge is -2.30. The molecule has 1 aliphatic rings. The van der Waals surface area contributed by atoms with E-state index in [1.165, 1.54) is 24.0 Å². The molecule has 0 aromatic heterocycles. The molecule has 0 spiro atoms. The zero-order chi connectivity index (χ0) is 18.2. The van der Waals surface area contributed by atoms with Gasteiger partial charge in [-0.1, -0.05) is 42.5 Å². The maximum absolute atomic E-state index is 10.4. The number of hydrogen-bond acceptors (Lipinski definition) is 3. The number of para-hydroxylation sites is 1. The van der Waals surface area contributed by atoms with E-state index in [4.69, 9.17) is 14.6 Å². The van der Waals surface area contributed by atoms with Gasteiger partial charge in [0.1, 0.15) is 12.4 Å². The van der Waals surface area contributed by atoms with Crippen LogP contribution in [0.3, 0.4) is 0 Å². The maximum atomic E-state index is 10.4. The quantitative estimate of drug-likeness (QED) is 0.712. The Morgan fingerprint density at radius 1 is 1.04 bits per heavy atom. The summed E-state index contributed by atoms with van der Waals surface area (Å²) in [6.45, 7) is 0.199. The largest absolute Gasteiger partial charge is 0.490 e. The highest BCUT2D eigenvalue weighted by molar-refractivity contribution is 5.67. The lowest BCUT2D eigenvalue weighted by Crippen LogP contribution is -2.24. The highest BCUT2D eigenvalue weighted by Crippen LogP contribution is 2.34. The summed E-state index contributed by atoms with van der Waals surface area (Å²) in [6.07, 6.45) is 5.57. The summed E-state index contributed by atoms with van der Waals surface area (Å²) in [6, 6.07) is 18.7. The fourth-order valence-corrected chi connectivity index (χ4v) is 3.55. The molecule has 2 atom stereocenters. The Morgan fingerprint density at radius 3 is 2.54 bits per heavy atom. The molecule has 1 fully saturated rings. The number of benzene rings is 2. The molecule has 4 nitrogen and oxygen atoms in total. The van der Waals surface area contributed by atoms with Crippen molar-refractivity contribution < 1.29 is 19.4 Å². The molecule has 2 aromatic rings. The van der Waals surface area contributed by atoms with Gasteiger partial charge in [0.2, 0.25) is 0 Å². The molecule has 1 N–H and O–H groups in total. The first-order valence-electron chi connectivity index (χ1n) is 9.31. The van der Waals surface area contributed by atoms with E-state index >= 15 is 0 Å². The van der Waals surface area contributed by atoms with Crippen LogP contribution in [0.25, 0.3) is 0 Å². The van der Waals surface area contributed by atoms with E-state index in [9.17, 15) is 4.79 Å². The fourth-order valence-electron chi connectivity index (χ4n) is 3.55. The van der Waals surface area contributed by atoms with E-state index in [-0.39, 0.29) is 12.7 Å². The van der Waals surface area contributed by atoms with Gasteiger partial charge in [0, 0.05) is 0 Å². The highest BCUT2D eigenvalue weighted by atomic mass is 16.5. The molecule has 0 unspecified atom stereocenters. The second kappa shape index (κ2) is 9.39. The molecule has 0 bridgehead atoms. The summed E-state index contributed by atoms with van der Waals surface area (Å²) in [4.78, 5) is 10.4. The van der Waals surface area contributed by atoms with Gasteiger partial charge in [0.15, 0.2) is 0 Å². The number of rotatable bonds is 8. The van der Waals surface area contributed by atoms with Crippen LogP contribution in [0.15, 0.2) is 54.6 Å². The van der Waals surface area contributed by atoms with Gasteiger partial charge in [-0.25, -0.2) is 4.79 Å². The molecule has 0 heterocycles. The van der Waals surface area contributed by atoms with Crippen molar-refractivity contribution in [1.29, 1.82) is 0 Å². The van der Waals surface area contributed by atoms with Crippen LogP contribution in [-0.2, 0) is 16.0 Å². The average Bonchev–Trinajstić information content (AvgIpc) is 2.67. The summed E-state index contributed by atoms with van der Waals surface area (Å²) in [5.41, 5.74) is 2.54. The van der Waals surface area contributed by atoms with E-state index < -0.39 is 5.97 Å². The summed E-state index contributed by atoms with van der Waals surface area (Å²) in [5.74, 6) is 0.564. The van der Waals surface area contributed by atoms with E-state index in [0.717, 1.165) is 25.0 Å². The first kappa shape index (κ1) is 18.5. The van der Waals surface area contributed by atoms with Crippen molar-refractivity contribution in [2.24, 2.45) is 0 Å². The third-order valence-electron chi connectivity index (χ3n) is 4.88. The molecule has 0 aliphatic heterocycles. The monoisotopic (exact) mass is 354 g/mol. The van der Waals surface area contributed by atoms with Gasteiger partial charge in [-0.05, 0) is 61.3 Å². The average molecular weight is 354 g/mol. The van der Waals surface area contributed by atoms with Gasteiger partial charge in [-0.15, -0.1) is 0 Å². The van der Waals surface area contributed by atoms with Crippen molar-refractivity contribution in [1.82, 2.24) is 0 Å². The van der Waals surface area contributed by atoms with Gasteiger partial charge in [0.25, 0.3) is 0 Å². The third-order valence-corrected chi connectivity index (χ3v) is 4.88. The molecule has 138 valence electrons. The smallest absolute Gasteiger partial charge is 0.329 e. The van der Waals surface area contributed by atoms with Crippen molar-refractivity contribution in [3.63, 3.8) is 0 Å². The molecule has 1 aliphatic carbocycles. The summed E-state index contributed by atoms with van der Waals surface area (Å²) in [7, 11) is 0. The first-order chi connectivity index (χ1) is 12.7. The van der Waals surface area contributed by atoms with Crippen LogP contribution in [0, 0.1) is 0 Å². The van der Waals surface area contributed by atoms with Crippen molar-refractivity contribution >= 4 is 5.97 Å². The lowest BCUT2D eigenvalue weighted by atomic mass is 9.82. The predicted octanol–water partition coefficient (Wildman–Crippen LogP) is 4.44. The van der Waals surface area contributed by atoms with Crippen LogP contribution in [0.5, 0.6) is 5.75 Å². The van der Waals surface area contributed by atoms with Crippen LogP contribution in [0.4, 0.5) is 0 Å². The molecule has 2 aromatic carbocycles. The summed E-state index contributed by atoms with van der Waals surface area (Å²) < 4.78 is 11.3. The van der Waals surface area contributed by atoms with Crippen molar-refractivity contribution in [2.75, 3.05) is 13.2 Å². The Morgan fingerprint density at radius 2 is 1.81 bits per heavy atom. The Bertz CT molecular complexity index is 681. The maximum Gasteiger partial charge on any atom is 0.329 e. The molecule has 0 saturated heterocycles. The van der Waals surface area contributed by atoms with Crippen LogP contribution < -0.4 is 4.74 Å². The van der Waals surface area contributed by atoms with Crippen LogP contribution >= 0.6 is 0 Å². The second-order valence-electron chi connectivity index (χ2n) is 6.85. The second-order valence-corrected chi connectivity index (χ2v) is 6.85. The summed E-state index contributed by atoms with van der Waals surface area (Å²) in [5, 5.41) is 8.57. The Labute approximate surface area is 154 Å². The standard InChI is InChI=1S/C22H26O4/c23-22(24)16-25-14-13-17-9-11-18(12-10-17)19-5-4-8-21(15-19)26-20-6-2-1-3-7-20/h1-3,6-7,9-12,19,21H,4-5,8,13-16H2,(H,23,24)/t19-,21+/m1/s1. The first-order valence-corrected chi connectivity index (χ1v) is 9.31. The molecule has 0 amide bonds. The molecular formula is C22H26O4. The predicted molar refractivity (Wildman–Crippen MR) is 101 cm³/mol. The minimum Gasteiger partial charge on any atom is -0.490 e. The SMILES string of the molecule is O=C(O)COCCc1ccc([C@@H]2CCC[C@H](Oc3ccccc3)C2)cc1. The zero-order valence-corrected chi connectivity index (χ0v) is 15.0. The minimum absolute atomic E-state index is 0.233. The highest BCUT2D eigenvalue weighted by Gasteiger charge is 2.24. The van der Waals surface area contributed by atoms with Crippen molar-refractivity contribution in [2.45, 2.75) is 44.1 Å². The van der Waals surface area contributed by atoms with E-state index in [1.54, 1.807) is 0 Å². The van der Waals surface area contributed by atoms with Crippen LogP contribution in [0.2, 0.25) is 0 Å². The zero-order valence-electron chi connectivity index (χ0n) is 15.0. The lowest BCUT2D eigenvalue weighted by molar-refractivity contribution is -0.142. The number of aliphatic carboxylic acids is 1. The van der Waals surface area contributed by atoms with Crippen LogP contribution in [-0.4, -0.2) is 30.4 Å². The Kier molecular flexibility index (Phi) is 6.67. The van der Waals surface area contributed by atoms with Gasteiger partial charge in [-0.3, -0.25) is 0 Å². The number of carboxylic acid groups (broad SMARTS) is 1.